The van der Waals surface area contributed by atoms with E-state index >= 15 is 0 Å². The predicted octanol–water partition coefficient (Wildman–Crippen LogP) is 4.62. The van der Waals surface area contributed by atoms with E-state index in [2.05, 4.69) is 15.2 Å². The van der Waals surface area contributed by atoms with Gasteiger partial charge < -0.3 is 9.47 Å². The predicted molar refractivity (Wildman–Crippen MR) is 134 cm³/mol. The van der Waals surface area contributed by atoms with Crippen molar-refractivity contribution in [3.63, 3.8) is 0 Å². The fraction of sp³-hybridized carbons (Fsp3) is 0.167. The van der Waals surface area contributed by atoms with E-state index in [9.17, 15) is 4.79 Å². The minimum Gasteiger partial charge on any atom is -0.494 e. The SMILES string of the molecule is COc1cccc(OC)c1-n1c(SCc2cc(=O)n3cc(C)ccc3n2)nnc1-c1cccs1. The lowest BCUT2D eigenvalue weighted by Gasteiger charge is -2.16. The molecule has 0 spiro atoms. The maximum atomic E-state index is 12.6. The number of methoxy groups -OCH3 is 2. The molecule has 0 atom stereocenters. The van der Waals surface area contributed by atoms with Gasteiger partial charge in [0.2, 0.25) is 0 Å². The molecule has 4 aromatic heterocycles. The molecular formula is C24H21N5O3S2. The van der Waals surface area contributed by atoms with Crippen LogP contribution >= 0.6 is 23.1 Å². The molecule has 0 unspecified atom stereocenters. The van der Waals surface area contributed by atoms with Gasteiger partial charge in [-0.15, -0.1) is 21.5 Å². The molecule has 5 aromatic rings. The van der Waals surface area contributed by atoms with Gasteiger partial charge in [0.25, 0.3) is 5.56 Å². The highest BCUT2D eigenvalue weighted by Gasteiger charge is 2.23. The number of aromatic nitrogens is 5. The Kier molecular flexibility index (Phi) is 6.08. The highest BCUT2D eigenvalue weighted by Crippen LogP contribution is 2.39. The summed E-state index contributed by atoms with van der Waals surface area (Å²) in [6.45, 7) is 1.94. The molecule has 0 aliphatic carbocycles. The lowest BCUT2D eigenvalue weighted by atomic mass is 10.2. The van der Waals surface area contributed by atoms with Crippen molar-refractivity contribution in [1.82, 2.24) is 24.1 Å². The van der Waals surface area contributed by atoms with Crippen molar-refractivity contribution in [2.24, 2.45) is 0 Å². The van der Waals surface area contributed by atoms with Crippen molar-refractivity contribution in [2.75, 3.05) is 14.2 Å². The van der Waals surface area contributed by atoms with Crippen molar-refractivity contribution in [3.8, 4) is 27.9 Å². The molecule has 0 bridgehead atoms. The van der Waals surface area contributed by atoms with Gasteiger partial charge in [-0.2, -0.15) is 0 Å². The van der Waals surface area contributed by atoms with Crippen LogP contribution in [0.5, 0.6) is 11.5 Å². The average Bonchev–Trinajstić information content (AvgIpc) is 3.52. The van der Waals surface area contributed by atoms with Crippen LogP contribution < -0.4 is 15.0 Å². The Morgan fingerprint density at radius 1 is 1.03 bits per heavy atom. The molecule has 0 saturated heterocycles. The van der Waals surface area contributed by atoms with Crippen LogP contribution in [0.2, 0.25) is 0 Å². The molecule has 1 aromatic carbocycles. The number of benzene rings is 1. The fourth-order valence-electron chi connectivity index (χ4n) is 3.65. The second-order valence-corrected chi connectivity index (χ2v) is 9.33. The van der Waals surface area contributed by atoms with E-state index < -0.39 is 0 Å². The minimum atomic E-state index is -0.114. The number of pyridine rings is 1. The first-order chi connectivity index (χ1) is 16.6. The summed E-state index contributed by atoms with van der Waals surface area (Å²) in [6, 6.07) is 14.9. The average molecular weight is 492 g/mol. The molecule has 0 radical (unpaired) electrons. The third-order valence-electron chi connectivity index (χ3n) is 5.21. The number of nitrogens with zero attached hydrogens (tertiary/aromatic N) is 5. The zero-order valence-electron chi connectivity index (χ0n) is 18.8. The molecule has 0 amide bonds. The fourth-order valence-corrected chi connectivity index (χ4v) is 5.18. The molecule has 8 nitrogen and oxygen atoms in total. The Labute approximate surface area is 203 Å². The highest BCUT2D eigenvalue weighted by atomic mass is 32.2. The first-order valence-electron chi connectivity index (χ1n) is 10.4. The Morgan fingerprint density at radius 3 is 2.53 bits per heavy atom. The van der Waals surface area contributed by atoms with Gasteiger partial charge >= 0.3 is 0 Å². The quantitative estimate of drug-likeness (QED) is 0.307. The van der Waals surface area contributed by atoms with E-state index in [0.29, 0.717) is 45.3 Å². The van der Waals surface area contributed by atoms with Gasteiger partial charge in [0.05, 0.1) is 24.8 Å². The maximum absolute atomic E-state index is 12.6. The van der Waals surface area contributed by atoms with E-state index in [1.807, 2.05) is 59.3 Å². The number of fused-ring (bicyclic) bond motifs is 1. The van der Waals surface area contributed by atoms with Crippen LogP contribution in [-0.4, -0.2) is 38.4 Å². The normalized spacial score (nSPS) is 11.1. The van der Waals surface area contributed by atoms with Crippen LogP contribution in [0.1, 0.15) is 11.3 Å². The van der Waals surface area contributed by atoms with E-state index in [1.54, 1.807) is 42.2 Å². The van der Waals surface area contributed by atoms with Crippen LogP contribution in [0, 0.1) is 6.92 Å². The zero-order chi connectivity index (χ0) is 23.7. The Hall–Kier alpha value is -3.63. The summed E-state index contributed by atoms with van der Waals surface area (Å²) in [7, 11) is 3.24. The lowest BCUT2D eigenvalue weighted by Crippen LogP contribution is -2.15. The first kappa shape index (κ1) is 22.2. The molecule has 0 aliphatic heterocycles. The summed E-state index contributed by atoms with van der Waals surface area (Å²) in [5.41, 5.74) is 2.87. The third kappa shape index (κ3) is 4.06. The number of thioether (sulfide) groups is 1. The van der Waals surface area contributed by atoms with Crippen LogP contribution in [0.15, 0.2) is 70.1 Å². The van der Waals surface area contributed by atoms with Crippen molar-refractivity contribution < 1.29 is 9.47 Å². The summed E-state index contributed by atoms with van der Waals surface area (Å²) in [6.07, 6.45) is 1.79. The van der Waals surface area contributed by atoms with Gasteiger partial charge in [-0.3, -0.25) is 13.8 Å². The van der Waals surface area contributed by atoms with Gasteiger partial charge in [-0.25, -0.2) is 4.98 Å². The van der Waals surface area contributed by atoms with Crippen molar-refractivity contribution >= 4 is 28.7 Å². The second kappa shape index (κ2) is 9.32. The lowest BCUT2D eigenvalue weighted by molar-refractivity contribution is 0.390. The minimum absolute atomic E-state index is 0.114. The largest absolute Gasteiger partial charge is 0.494 e. The first-order valence-corrected chi connectivity index (χ1v) is 12.3. The molecule has 5 rings (SSSR count). The third-order valence-corrected chi connectivity index (χ3v) is 7.04. The number of thiophene rings is 1. The van der Waals surface area contributed by atoms with Gasteiger partial charge in [-0.05, 0) is 42.1 Å². The summed E-state index contributed by atoms with van der Waals surface area (Å²) >= 11 is 3.02. The van der Waals surface area contributed by atoms with E-state index in [0.717, 1.165) is 10.4 Å². The van der Waals surface area contributed by atoms with Gasteiger partial charge in [0, 0.05) is 18.0 Å². The van der Waals surface area contributed by atoms with E-state index in [4.69, 9.17) is 9.47 Å². The molecule has 10 heteroatoms. The van der Waals surface area contributed by atoms with E-state index in [1.165, 1.54) is 11.8 Å². The molecule has 0 aliphatic rings. The molecule has 0 fully saturated rings. The standard InChI is InChI=1S/C24H21N5O3S2/c1-15-9-10-20-25-16(12-21(30)28(20)13-15)14-34-24-27-26-23(19-8-5-11-33-19)29(24)22-17(31-2)6-4-7-18(22)32-3/h4-13H,14H2,1-3H3. The van der Waals surface area contributed by atoms with E-state index in [-0.39, 0.29) is 5.56 Å². The van der Waals surface area contributed by atoms with Crippen LogP contribution in [0.3, 0.4) is 0 Å². The Morgan fingerprint density at radius 2 is 1.82 bits per heavy atom. The zero-order valence-corrected chi connectivity index (χ0v) is 20.4. The number of hydrogen-bond donors (Lipinski definition) is 0. The van der Waals surface area contributed by atoms with Gasteiger partial charge in [0.15, 0.2) is 11.0 Å². The monoisotopic (exact) mass is 491 g/mol. The number of hydrogen-bond acceptors (Lipinski definition) is 8. The second-order valence-electron chi connectivity index (χ2n) is 7.44. The van der Waals surface area contributed by atoms with Crippen LogP contribution in [0.25, 0.3) is 22.0 Å². The number of para-hydroxylation sites is 1. The molecule has 0 N–H and O–H groups in total. The summed E-state index contributed by atoms with van der Waals surface area (Å²) in [5, 5.41) is 11.6. The van der Waals surface area contributed by atoms with Gasteiger partial charge in [-0.1, -0.05) is 30.0 Å². The van der Waals surface area contributed by atoms with Crippen molar-refractivity contribution in [1.29, 1.82) is 0 Å². The Balaban J connectivity index is 1.58. The summed E-state index contributed by atoms with van der Waals surface area (Å²) in [4.78, 5) is 18.2. The Bertz CT molecular complexity index is 1500. The number of ether oxygens (including phenoxy) is 2. The molecule has 4 heterocycles. The van der Waals surface area contributed by atoms with Crippen molar-refractivity contribution in [3.05, 3.63) is 81.7 Å². The molecule has 0 saturated carbocycles. The van der Waals surface area contributed by atoms with Gasteiger partial charge in [0.1, 0.15) is 22.8 Å². The smallest absolute Gasteiger partial charge is 0.258 e. The van der Waals surface area contributed by atoms with Crippen LogP contribution in [0.4, 0.5) is 0 Å². The number of rotatable bonds is 7. The summed E-state index contributed by atoms with van der Waals surface area (Å²) < 4.78 is 14.8. The summed E-state index contributed by atoms with van der Waals surface area (Å²) in [5.74, 6) is 2.40. The molecular weight excluding hydrogens is 470 g/mol. The maximum Gasteiger partial charge on any atom is 0.258 e. The highest BCUT2D eigenvalue weighted by molar-refractivity contribution is 7.98. The van der Waals surface area contributed by atoms with Crippen LogP contribution in [-0.2, 0) is 5.75 Å². The topological polar surface area (TPSA) is 83.5 Å². The van der Waals surface area contributed by atoms with Crippen molar-refractivity contribution in [2.45, 2.75) is 17.8 Å². The number of aryl methyl sites for hydroxylation is 1. The molecule has 172 valence electrons. The molecule has 34 heavy (non-hydrogen) atoms.